The monoisotopic (exact) mass is 320 g/mol. The van der Waals surface area contributed by atoms with Crippen molar-refractivity contribution in [1.82, 2.24) is 9.88 Å². The Kier molecular flexibility index (Phi) is 5.19. The third-order valence-corrected chi connectivity index (χ3v) is 4.21. The molecule has 0 saturated heterocycles. The molecule has 2 rings (SSSR count). The molecule has 23 heavy (non-hydrogen) atoms. The van der Waals surface area contributed by atoms with E-state index in [0.29, 0.717) is 24.3 Å². The topological polar surface area (TPSA) is 34.0 Å². The predicted octanol–water partition coefficient (Wildman–Crippen LogP) is 3.88. The van der Waals surface area contributed by atoms with E-state index >= 15 is 0 Å². The van der Waals surface area contributed by atoms with Gasteiger partial charge in [-0.2, -0.15) is 0 Å². The van der Waals surface area contributed by atoms with Crippen molar-refractivity contribution in [2.24, 2.45) is 0 Å². The number of hydrogen-bond donors (Lipinski definition) is 1. The number of rotatable bonds is 5. The van der Waals surface area contributed by atoms with Crippen molar-refractivity contribution in [3.8, 4) is 0 Å². The van der Waals surface area contributed by atoms with Gasteiger partial charge < -0.3 is 9.88 Å². The average molecular weight is 320 g/mol. The summed E-state index contributed by atoms with van der Waals surface area (Å²) in [7, 11) is 0. The maximum absolute atomic E-state index is 13.4. The van der Waals surface area contributed by atoms with E-state index in [1.807, 2.05) is 32.3 Å². The van der Waals surface area contributed by atoms with Gasteiger partial charge in [0.1, 0.15) is 5.69 Å². The van der Waals surface area contributed by atoms with Crippen molar-refractivity contribution in [3.05, 3.63) is 57.9 Å². The van der Waals surface area contributed by atoms with Gasteiger partial charge in [0.05, 0.1) is 0 Å². The van der Waals surface area contributed by atoms with Crippen LogP contribution in [0.1, 0.15) is 46.2 Å². The summed E-state index contributed by atoms with van der Waals surface area (Å²) >= 11 is 0. The zero-order valence-corrected chi connectivity index (χ0v) is 14.0. The maximum atomic E-state index is 13.4. The second kappa shape index (κ2) is 6.94. The highest BCUT2D eigenvalue weighted by molar-refractivity contribution is 5.95. The van der Waals surface area contributed by atoms with Gasteiger partial charge in [-0.3, -0.25) is 4.79 Å². The zero-order chi connectivity index (χ0) is 17.1. The molecule has 1 N–H and O–H groups in total. The summed E-state index contributed by atoms with van der Waals surface area (Å²) < 4.78 is 28.4. The molecule has 0 aliphatic heterocycles. The van der Waals surface area contributed by atoms with Gasteiger partial charge in [-0.05, 0) is 56.0 Å². The maximum Gasteiger partial charge on any atom is 0.268 e. The fourth-order valence-electron chi connectivity index (χ4n) is 2.65. The highest BCUT2D eigenvalue weighted by Crippen LogP contribution is 2.23. The molecule has 3 nitrogen and oxygen atoms in total. The van der Waals surface area contributed by atoms with E-state index in [-0.39, 0.29) is 5.91 Å². The molecule has 0 saturated carbocycles. The highest BCUT2D eigenvalue weighted by atomic mass is 19.2. The lowest BCUT2D eigenvalue weighted by molar-refractivity contribution is 0.0944. The summed E-state index contributed by atoms with van der Waals surface area (Å²) in [4.78, 5) is 12.5. The van der Waals surface area contributed by atoms with E-state index in [9.17, 15) is 13.6 Å². The number of nitrogens with zero attached hydrogens (tertiary/aromatic N) is 1. The summed E-state index contributed by atoms with van der Waals surface area (Å²) in [5.41, 5.74) is 4.10. The van der Waals surface area contributed by atoms with Crippen LogP contribution in [0.5, 0.6) is 0 Å². The molecular formula is C18H22F2N2O. The lowest BCUT2D eigenvalue weighted by atomic mass is 10.1. The Labute approximate surface area is 135 Å². The van der Waals surface area contributed by atoms with Gasteiger partial charge in [0.2, 0.25) is 0 Å². The molecule has 5 heteroatoms. The molecule has 124 valence electrons. The van der Waals surface area contributed by atoms with Crippen LogP contribution in [0.25, 0.3) is 0 Å². The molecule has 1 aromatic carbocycles. The minimum atomic E-state index is -0.877. The summed E-state index contributed by atoms with van der Waals surface area (Å²) in [5, 5.41) is 2.88. The molecule has 0 bridgehead atoms. The Morgan fingerprint density at radius 3 is 2.43 bits per heavy atom. The summed E-state index contributed by atoms with van der Waals surface area (Å²) in [5.74, 6) is -1.88. The lowest BCUT2D eigenvalue weighted by Crippen LogP contribution is -2.27. The first-order valence-electron chi connectivity index (χ1n) is 7.75. The minimum Gasteiger partial charge on any atom is -0.351 e. The summed E-state index contributed by atoms with van der Waals surface area (Å²) in [6, 6.07) is 3.82. The molecule has 1 heterocycles. The van der Waals surface area contributed by atoms with Gasteiger partial charge in [-0.15, -0.1) is 0 Å². The Morgan fingerprint density at radius 1 is 1.13 bits per heavy atom. The van der Waals surface area contributed by atoms with Gasteiger partial charge in [0, 0.05) is 18.8 Å². The first-order chi connectivity index (χ1) is 10.9. The fourth-order valence-corrected chi connectivity index (χ4v) is 2.65. The van der Waals surface area contributed by atoms with Crippen LogP contribution in [-0.4, -0.2) is 17.0 Å². The van der Waals surface area contributed by atoms with Crippen molar-refractivity contribution in [2.45, 2.75) is 40.7 Å². The van der Waals surface area contributed by atoms with Crippen LogP contribution in [0, 0.1) is 32.4 Å². The minimum absolute atomic E-state index is 0.136. The van der Waals surface area contributed by atoms with Crippen molar-refractivity contribution in [2.75, 3.05) is 6.54 Å². The van der Waals surface area contributed by atoms with E-state index in [1.165, 1.54) is 12.1 Å². The van der Waals surface area contributed by atoms with Gasteiger partial charge in [-0.25, -0.2) is 8.78 Å². The normalized spacial score (nSPS) is 10.9. The smallest absolute Gasteiger partial charge is 0.268 e. The molecular weight excluding hydrogens is 298 g/mol. The number of aromatic nitrogens is 1. The molecule has 0 fully saturated rings. The Morgan fingerprint density at radius 2 is 1.83 bits per heavy atom. The number of benzene rings is 1. The van der Waals surface area contributed by atoms with E-state index in [1.54, 1.807) is 0 Å². The first kappa shape index (κ1) is 17.2. The first-order valence-corrected chi connectivity index (χ1v) is 7.75. The van der Waals surface area contributed by atoms with Crippen LogP contribution in [0.4, 0.5) is 8.78 Å². The Bertz CT molecular complexity index is 735. The van der Waals surface area contributed by atoms with E-state index in [2.05, 4.69) is 5.32 Å². The molecule has 0 spiro atoms. The van der Waals surface area contributed by atoms with Gasteiger partial charge in [0.15, 0.2) is 11.6 Å². The summed E-state index contributed by atoms with van der Waals surface area (Å²) in [6.07, 6.45) is 0.854. The number of hydrogen-bond acceptors (Lipinski definition) is 1. The number of nitrogens with one attached hydrogen (secondary N) is 1. The number of carbonyl (C=O) groups is 1. The van der Waals surface area contributed by atoms with Gasteiger partial charge >= 0.3 is 0 Å². The second-order valence-corrected chi connectivity index (χ2v) is 5.77. The third kappa shape index (κ3) is 3.44. The molecule has 0 atom stereocenters. The number of carbonyl (C=O) groups excluding carboxylic acids is 1. The molecule has 0 unspecified atom stereocenters. The summed E-state index contributed by atoms with van der Waals surface area (Å²) in [6.45, 7) is 8.72. The third-order valence-electron chi connectivity index (χ3n) is 4.21. The van der Waals surface area contributed by atoms with Crippen LogP contribution >= 0.6 is 0 Å². The second-order valence-electron chi connectivity index (χ2n) is 5.77. The van der Waals surface area contributed by atoms with Gasteiger partial charge in [-0.1, -0.05) is 13.0 Å². The van der Waals surface area contributed by atoms with Crippen molar-refractivity contribution >= 4 is 5.91 Å². The molecule has 0 aliphatic rings. The fraction of sp³-hybridized carbons (Fsp3) is 0.389. The highest BCUT2D eigenvalue weighted by Gasteiger charge is 2.20. The van der Waals surface area contributed by atoms with Gasteiger partial charge in [0.25, 0.3) is 5.91 Å². The molecule has 0 radical (unpaired) electrons. The van der Waals surface area contributed by atoms with E-state index in [4.69, 9.17) is 0 Å². The average Bonchev–Trinajstić information content (AvgIpc) is 2.73. The molecule has 0 aliphatic carbocycles. The van der Waals surface area contributed by atoms with Crippen LogP contribution in [0.15, 0.2) is 18.2 Å². The van der Waals surface area contributed by atoms with E-state index < -0.39 is 11.6 Å². The van der Waals surface area contributed by atoms with Crippen LogP contribution in [0.3, 0.4) is 0 Å². The Hall–Kier alpha value is -2.17. The van der Waals surface area contributed by atoms with E-state index in [0.717, 1.165) is 29.3 Å². The molecule has 1 amide bonds. The quantitative estimate of drug-likeness (QED) is 0.891. The Balaban J connectivity index is 2.42. The van der Waals surface area contributed by atoms with Crippen molar-refractivity contribution in [3.63, 3.8) is 0 Å². The lowest BCUT2D eigenvalue weighted by Gasteiger charge is -2.13. The van der Waals surface area contributed by atoms with Crippen molar-refractivity contribution < 1.29 is 13.6 Å². The van der Waals surface area contributed by atoms with Crippen LogP contribution in [-0.2, 0) is 6.54 Å². The SMILES string of the molecule is CCCNC(=O)c1c(C)c(C)c(C)n1Cc1ccc(F)c(F)c1. The zero-order valence-electron chi connectivity index (χ0n) is 14.0. The van der Waals surface area contributed by atoms with Crippen LogP contribution in [0.2, 0.25) is 0 Å². The number of amides is 1. The van der Waals surface area contributed by atoms with Crippen LogP contribution < -0.4 is 5.32 Å². The molecule has 2 aromatic rings. The standard InChI is InChI=1S/C18H22F2N2O/c1-5-8-21-18(23)17-12(3)11(2)13(4)22(17)10-14-6-7-15(19)16(20)9-14/h6-7,9H,5,8,10H2,1-4H3,(H,21,23). The number of halogens is 2. The van der Waals surface area contributed by atoms with Crippen molar-refractivity contribution in [1.29, 1.82) is 0 Å². The predicted molar refractivity (Wildman–Crippen MR) is 86.7 cm³/mol. The molecule has 1 aromatic heterocycles. The largest absolute Gasteiger partial charge is 0.351 e.